The molecule has 2 N–H and O–H groups in total. The average molecular weight is 260 g/mol. The van der Waals surface area contributed by atoms with E-state index in [0.29, 0.717) is 0 Å². The molecule has 0 amide bonds. The number of benzene rings is 2. The normalized spacial score (nSPS) is 15.0. The van der Waals surface area contributed by atoms with Crippen LogP contribution in [0.1, 0.15) is 22.7 Å². The van der Waals surface area contributed by atoms with Crippen LogP contribution in [0.5, 0.6) is 5.75 Å². The molecule has 1 heterocycles. The van der Waals surface area contributed by atoms with Gasteiger partial charge in [-0.05, 0) is 23.3 Å². The number of ether oxygens (including phenoxy) is 1. The first-order valence-electron chi connectivity index (χ1n) is 6.01. The second-order valence-electron chi connectivity index (χ2n) is 4.46. The molecule has 2 aromatic rings. The molecule has 1 aliphatic rings. The minimum atomic E-state index is -0.171. The zero-order valence-corrected chi connectivity index (χ0v) is 10.7. The third-order valence-corrected chi connectivity index (χ3v) is 3.56. The van der Waals surface area contributed by atoms with Gasteiger partial charge in [-0.1, -0.05) is 41.9 Å². The molecule has 0 fully saturated rings. The largest absolute Gasteiger partial charge is 0.493 e. The van der Waals surface area contributed by atoms with E-state index in [4.69, 9.17) is 22.1 Å². The predicted molar refractivity (Wildman–Crippen MR) is 73.1 cm³/mol. The van der Waals surface area contributed by atoms with E-state index in [-0.39, 0.29) is 6.04 Å². The van der Waals surface area contributed by atoms with Gasteiger partial charge in [0.15, 0.2) is 0 Å². The van der Waals surface area contributed by atoms with Crippen LogP contribution >= 0.6 is 11.6 Å². The van der Waals surface area contributed by atoms with Gasteiger partial charge in [-0.15, -0.1) is 0 Å². The number of fused-ring (bicyclic) bond motifs is 1. The summed E-state index contributed by atoms with van der Waals surface area (Å²) in [6.45, 7) is 0.750. The Balaban J connectivity index is 2.00. The summed E-state index contributed by atoms with van der Waals surface area (Å²) in [5.41, 5.74) is 9.66. The summed E-state index contributed by atoms with van der Waals surface area (Å²) in [5.74, 6) is 0.958. The van der Waals surface area contributed by atoms with Gasteiger partial charge in [0.25, 0.3) is 0 Å². The van der Waals surface area contributed by atoms with Crippen LogP contribution in [-0.4, -0.2) is 6.61 Å². The Labute approximate surface area is 111 Å². The maximum absolute atomic E-state index is 6.32. The zero-order chi connectivity index (χ0) is 12.5. The molecule has 0 radical (unpaired) electrons. The van der Waals surface area contributed by atoms with Gasteiger partial charge in [0, 0.05) is 17.0 Å². The van der Waals surface area contributed by atoms with E-state index >= 15 is 0 Å². The smallest absolute Gasteiger partial charge is 0.127 e. The van der Waals surface area contributed by atoms with Gasteiger partial charge < -0.3 is 10.5 Å². The van der Waals surface area contributed by atoms with Crippen molar-refractivity contribution in [3.8, 4) is 5.75 Å². The number of rotatable bonds is 2. The van der Waals surface area contributed by atoms with Crippen LogP contribution in [0.25, 0.3) is 0 Å². The van der Waals surface area contributed by atoms with Gasteiger partial charge >= 0.3 is 0 Å². The molecule has 18 heavy (non-hydrogen) atoms. The molecule has 2 aromatic carbocycles. The number of nitrogens with two attached hydrogens (primary N) is 1. The van der Waals surface area contributed by atoms with Crippen molar-refractivity contribution < 1.29 is 4.74 Å². The van der Waals surface area contributed by atoms with Crippen molar-refractivity contribution in [2.24, 2.45) is 5.73 Å². The maximum Gasteiger partial charge on any atom is 0.127 e. The Kier molecular flexibility index (Phi) is 2.98. The number of para-hydroxylation sites is 1. The monoisotopic (exact) mass is 259 g/mol. The molecular formula is C15H14ClNO. The lowest BCUT2D eigenvalue weighted by molar-refractivity contribution is 0.352. The maximum atomic E-state index is 6.32. The van der Waals surface area contributed by atoms with Crippen molar-refractivity contribution in [1.29, 1.82) is 0 Å². The highest BCUT2D eigenvalue weighted by atomic mass is 35.5. The molecule has 3 rings (SSSR count). The molecule has 0 saturated heterocycles. The van der Waals surface area contributed by atoms with Gasteiger partial charge in [-0.3, -0.25) is 0 Å². The molecule has 0 aromatic heterocycles. The standard InChI is InChI=1S/C15H14ClNO/c16-12-6-4-10(5-7-12)14(17)13-3-1-2-11-8-9-18-15(11)13/h1-7,14H,8-9,17H2. The molecule has 0 spiro atoms. The van der Waals surface area contributed by atoms with E-state index in [1.54, 1.807) is 0 Å². The van der Waals surface area contributed by atoms with E-state index in [2.05, 4.69) is 6.07 Å². The summed E-state index contributed by atoms with van der Waals surface area (Å²) in [5, 5.41) is 0.723. The fourth-order valence-corrected chi connectivity index (χ4v) is 2.46. The van der Waals surface area contributed by atoms with Crippen molar-refractivity contribution in [2.75, 3.05) is 6.61 Å². The van der Waals surface area contributed by atoms with Gasteiger partial charge in [-0.25, -0.2) is 0 Å². The molecule has 1 atom stereocenters. The molecule has 0 aliphatic carbocycles. The van der Waals surface area contributed by atoms with Gasteiger partial charge in [0.1, 0.15) is 5.75 Å². The Morgan fingerprint density at radius 3 is 2.67 bits per heavy atom. The quantitative estimate of drug-likeness (QED) is 0.898. The Hall–Kier alpha value is -1.51. The molecule has 2 nitrogen and oxygen atoms in total. The Morgan fingerprint density at radius 2 is 1.89 bits per heavy atom. The lowest BCUT2D eigenvalue weighted by Gasteiger charge is -2.16. The molecule has 1 unspecified atom stereocenters. The number of halogens is 1. The zero-order valence-electron chi connectivity index (χ0n) is 9.90. The minimum absolute atomic E-state index is 0.171. The van der Waals surface area contributed by atoms with E-state index in [0.717, 1.165) is 34.9 Å². The average Bonchev–Trinajstić information content (AvgIpc) is 2.87. The summed E-state index contributed by atoms with van der Waals surface area (Å²) in [6, 6.07) is 13.6. The van der Waals surface area contributed by atoms with Crippen LogP contribution in [0.4, 0.5) is 0 Å². The second kappa shape index (κ2) is 4.63. The lowest BCUT2D eigenvalue weighted by atomic mass is 9.97. The molecule has 3 heteroatoms. The van der Waals surface area contributed by atoms with Crippen molar-refractivity contribution in [2.45, 2.75) is 12.5 Å². The van der Waals surface area contributed by atoms with E-state index < -0.39 is 0 Å². The fraction of sp³-hybridized carbons (Fsp3) is 0.200. The van der Waals surface area contributed by atoms with Crippen LogP contribution in [0.2, 0.25) is 5.02 Å². The van der Waals surface area contributed by atoms with E-state index in [1.165, 1.54) is 5.56 Å². The van der Waals surface area contributed by atoms with E-state index in [9.17, 15) is 0 Å². The van der Waals surface area contributed by atoms with Crippen molar-refractivity contribution in [1.82, 2.24) is 0 Å². The highest BCUT2D eigenvalue weighted by Crippen LogP contribution is 2.35. The van der Waals surface area contributed by atoms with Crippen molar-refractivity contribution in [3.05, 3.63) is 64.2 Å². The third kappa shape index (κ3) is 1.98. The fourth-order valence-electron chi connectivity index (χ4n) is 2.34. The molecule has 92 valence electrons. The molecular weight excluding hydrogens is 246 g/mol. The first-order chi connectivity index (χ1) is 8.75. The van der Waals surface area contributed by atoms with Crippen molar-refractivity contribution >= 4 is 11.6 Å². The van der Waals surface area contributed by atoms with Crippen LogP contribution in [0, 0.1) is 0 Å². The van der Waals surface area contributed by atoms with Crippen LogP contribution < -0.4 is 10.5 Å². The molecule has 0 bridgehead atoms. The summed E-state index contributed by atoms with van der Waals surface area (Å²) in [6.07, 6.45) is 0.969. The molecule has 0 saturated carbocycles. The lowest BCUT2D eigenvalue weighted by Crippen LogP contribution is -2.12. The van der Waals surface area contributed by atoms with Crippen LogP contribution in [0.15, 0.2) is 42.5 Å². The number of hydrogen-bond donors (Lipinski definition) is 1. The highest BCUT2D eigenvalue weighted by Gasteiger charge is 2.20. The van der Waals surface area contributed by atoms with Crippen LogP contribution in [-0.2, 0) is 6.42 Å². The van der Waals surface area contributed by atoms with Crippen molar-refractivity contribution in [3.63, 3.8) is 0 Å². The van der Waals surface area contributed by atoms with Gasteiger partial charge in [0.2, 0.25) is 0 Å². The van der Waals surface area contributed by atoms with Gasteiger partial charge in [0.05, 0.1) is 12.6 Å². The predicted octanol–water partition coefficient (Wildman–Crippen LogP) is 3.32. The van der Waals surface area contributed by atoms with Gasteiger partial charge in [-0.2, -0.15) is 0 Å². The number of hydrogen-bond acceptors (Lipinski definition) is 2. The summed E-state index contributed by atoms with van der Waals surface area (Å²) in [4.78, 5) is 0. The topological polar surface area (TPSA) is 35.2 Å². The first-order valence-corrected chi connectivity index (χ1v) is 6.39. The highest BCUT2D eigenvalue weighted by molar-refractivity contribution is 6.30. The first kappa shape index (κ1) is 11.6. The van der Waals surface area contributed by atoms with Crippen LogP contribution in [0.3, 0.4) is 0 Å². The summed E-state index contributed by atoms with van der Waals surface area (Å²) in [7, 11) is 0. The Bertz CT molecular complexity index is 565. The summed E-state index contributed by atoms with van der Waals surface area (Å²) < 4.78 is 5.69. The Morgan fingerprint density at radius 1 is 1.11 bits per heavy atom. The SMILES string of the molecule is NC(c1ccc(Cl)cc1)c1cccc2c1OCC2. The third-order valence-electron chi connectivity index (χ3n) is 3.31. The van der Waals surface area contributed by atoms with E-state index in [1.807, 2.05) is 36.4 Å². The summed E-state index contributed by atoms with van der Waals surface area (Å²) >= 11 is 5.89. The molecule has 1 aliphatic heterocycles. The minimum Gasteiger partial charge on any atom is -0.493 e. The second-order valence-corrected chi connectivity index (χ2v) is 4.90.